The monoisotopic (exact) mass is 251 g/mol. The van der Waals surface area contributed by atoms with Crippen LogP contribution in [0, 0.1) is 0 Å². The Balaban J connectivity index is 1.48. The van der Waals surface area contributed by atoms with Gasteiger partial charge in [0.15, 0.2) is 0 Å². The molecule has 3 rings (SSSR count). The fourth-order valence-corrected chi connectivity index (χ4v) is 3.87. The quantitative estimate of drug-likeness (QED) is 0.802. The number of hydrogen-bond donors (Lipinski definition) is 1. The van der Waals surface area contributed by atoms with Crippen LogP contribution in [0.4, 0.5) is 0 Å². The lowest BCUT2D eigenvalue weighted by molar-refractivity contribution is 0.149. The van der Waals surface area contributed by atoms with Crippen molar-refractivity contribution in [1.82, 2.24) is 15.1 Å². The van der Waals surface area contributed by atoms with E-state index in [-0.39, 0.29) is 0 Å². The Morgan fingerprint density at radius 1 is 1.17 bits per heavy atom. The van der Waals surface area contributed by atoms with Crippen molar-refractivity contribution in [2.45, 2.75) is 62.6 Å². The summed E-state index contributed by atoms with van der Waals surface area (Å²) in [7, 11) is 4.52. The molecule has 1 N–H and O–H groups in total. The molecule has 3 fully saturated rings. The van der Waals surface area contributed by atoms with Gasteiger partial charge in [-0.2, -0.15) is 0 Å². The predicted octanol–water partition coefficient (Wildman–Crippen LogP) is 1.69. The topological polar surface area (TPSA) is 18.5 Å². The maximum atomic E-state index is 3.88. The van der Waals surface area contributed by atoms with Crippen molar-refractivity contribution in [3.63, 3.8) is 0 Å². The summed E-state index contributed by atoms with van der Waals surface area (Å²) in [4.78, 5) is 5.18. The normalized spacial score (nSPS) is 32.5. The van der Waals surface area contributed by atoms with Crippen LogP contribution in [0.25, 0.3) is 0 Å². The summed E-state index contributed by atoms with van der Waals surface area (Å²) < 4.78 is 0. The first-order chi connectivity index (χ1) is 8.70. The van der Waals surface area contributed by atoms with Crippen molar-refractivity contribution in [2.24, 2.45) is 0 Å². The first kappa shape index (κ1) is 12.9. The number of likely N-dealkylation sites (N-methyl/N-ethyl adjacent to an activating group) is 1. The van der Waals surface area contributed by atoms with Crippen LogP contribution in [-0.4, -0.2) is 61.2 Å². The van der Waals surface area contributed by atoms with E-state index in [1.807, 2.05) is 0 Å². The number of hydrogen-bond acceptors (Lipinski definition) is 3. The van der Waals surface area contributed by atoms with Crippen molar-refractivity contribution in [3.05, 3.63) is 0 Å². The van der Waals surface area contributed by atoms with Gasteiger partial charge in [-0.25, -0.2) is 0 Å². The first-order valence-corrected chi connectivity index (χ1v) is 7.84. The average Bonchev–Trinajstić information content (AvgIpc) is 2.93. The molecule has 0 bridgehead atoms. The van der Waals surface area contributed by atoms with Gasteiger partial charge in [-0.1, -0.05) is 12.8 Å². The Bertz CT molecular complexity index is 279. The molecule has 104 valence electrons. The lowest BCUT2D eigenvalue weighted by Gasteiger charge is -2.37. The van der Waals surface area contributed by atoms with Crippen LogP contribution in [0.15, 0.2) is 0 Å². The van der Waals surface area contributed by atoms with Crippen molar-refractivity contribution in [1.29, 1.82) is 0 Å². The van der Waals surface area contributed by atoms with Crippen LogP contribution in [-0.2, 0) is 0 Å². The highest BCUT2D eigenvalue weighted by atomic mass is 15.2. The van der Waals surface area contributed by atoms with E-state index >= 15 is 0 Å². The molecule has 1 unspecified atom stereocenters. The summed E-state index contributed by atoms with van der Waals surface area (Å²) in [5.41, 5.74) is 0.451. The molecule has 0 radical (unpaired) electrons. The fourth-order valence-electron chi connectivity index (χ4n) is 3.87. The van der Waals surface area contributed by atoms with Crippen molar-refractivity contribution >= 4 is 0 Å². The molecule has 1 atom stereocenters. The molecule has 3 nitrogen and oxygen atoms in total. The second-order valence-electron chi connectivity index (χ2n) is 6.92. The van der Waals surface area contributed by atoms with E-state index in [1.165, 1.54) is 64.6 Å². The summed E-state index contributed by atoms with van der Waals surface area (Å²) in [6, 6.07) is 1.70. The van der Waals surface area contributed by atoms with Gasteiger partial charge in [0.25, 0.3) is 0 Å². The summed E-state index contributed by atoms with van der Waals surface area (Å²) in [6.07, 6.45) is 9.86. The maximum absolute atomic E-state index is 3.88. The molecular formula is C15H29N3. The lowest BCUT2D eigenvalue weighted by atomic mass is 9.95. The minimum atomic E-state index is 0.451. The molecule has 0 amide bonds. The van der Waals surface area contributed by atoms with Crippen LogP contribution in [0.2, 0.25) is 0 Å². The second kappa shape index (κ2) is 5.10. The van der Waals surface area contributed by atoms with Crippen LogP contribution in [0.3, 0.4) is 0 Å². The summed E-state index contributed by atoms with van der Waals surface area (Å²) >= 11 is 0. The first-order valence-electron chi connectivity index (χ1n) is 7.84. The smallest absolute Gasteiger partial charge is 0.0328 e. The molecule has 18 heavy (non-hydrogen) atoms. The van der Waals surface area contributed by atoms with Gasteiger partial charge in [-0.05, 0) is 46.2 Å². The van der Waals surface area contributed by atoms with Gasteiger partial charge in [0.05, 0.1) is 0 Å². The zero-order chi connectivity index (χ0) is 12.6. The Morgan fingerprint density at radius 2 is 1.89 bits per heavy atom. The summed E-state index contributed by atoms with van der Waals surface area (Å²) in [5, 5.41) is 3.88. The Labute approximate surface area is 112 Å². The zero-order valence-corrected chi connectivity index (χ0v) is 12.1. The largest absolute Gasteiger partial charge is 0.311 e. The third-order valence-electron chi connectivity index (χ3n) is 5.49. The average molecular weight is 251 g/mol. The van der Waals surface area contributed by atoms with E-state index in [2.05, 4.69) is 29.2 Å². The van der Waals surface area contributed by atoms with Crippen LogP contribution in [0.5, 0.6) is 0 Å². The van der Waals surface area contributed by atoms with Crippen LogP contribution in [0.1, 0.15) is 44.9 Å². The van der Waals surface area contributed by atoms with Gasteiger partial charge in [0.1, 0.15) is 0 Å². The van der Waals surface area contributed by atoms with Gasteiger partial charge < -0.3 is 10.2 Å². The Morgan fingerprint density at radius 3 is 2.50 bits per heavy atom. The standard InChI is InChI=1S/C15H29N3/c1-17(2)15(8-3-4-9-15)12-16-13-7-10-18(11-13)14-5-6-14/h13-14,16H,3-12H2,1-2H3. The highest BCUT2D eigenvalue weighted by molar-refractivity contribution is 4.97. The molecule has 2 saturated carbocycles. The maximum Gasteiger partial charge on any atom is 0.0328 e. The third kappa shape index (κ3) is 2.59. The zero-order valence-electron chi connectivity index (χ0n) is 12.1. The van der Waals surface area contributed by atoms with Gasteiger partial charge >= 0.3 is 0 Å². The molecule has 2 aliphatic carbocycles. The van der Waals surface area contributed by atoms with E-state index in [9.17, 15) is 0 Å². The Hall–Kier alpha value is -0.120. The molecule has 0 aromatic carbocycles. The van der Waals surface area contributed by atoms with E-state index in [4.69, 9.17) is 0 Å². The van der Waals surface area contributed by atoms with Crippen molar-refractivity contribution in [3.8, 4) is 0 Å². The number of rotatable bonds is 5. The molecule has 3 aliphatic rings. The number of likely N-dealkylation sites (tertiary alicyclic amines) is 1. The van der Waals surface area contributed by atoms with Gasteiger partial charge in [0, 0.05) is 37.3 Å². The van der Waals surface area contributed by atoms with Crippen molar-refractivity contribution in [2.75, 3.05) is 33.7 Å². The highest BCUT2D eigenvalue weighted by Crippen LogP contribution is 2.34. The highest BCUT2D eigenvalue weighted by Gasteiger charge is 2.38. The fraction of sp³-hybridized carbons (Fsp3) is 1.00. The molecule has 0 spiro atoms. The number of nitrogens with one attached hydrogen (secondary N) is 1. The van der Waals surface area contributed by atoms with E-state index in [0.29, 0.717) is 5.54 Å². The molecule has 0 aromatic heterocycles. The van der Waals surface area contributed by atoms with Gasteiger partial charge in [-0.15, -0.1) is 0 Å². The molecule has 1 saturated heterocycles. The van der Waals surface area contributed by atoms with Crippen LogP contribution < -0.4 is 5.32 Å². The van der Waals surface area contributed by atoms with Gasteiger partial charge in [-0.3, -0.25) is 4.90 Å². The molecule has 1 aliphatic heterocycles. The minimum Gasteiger partial charge on any atom is -0.311 e. The molecule has 1 heterocycles. The molecule has 0 aromatic rings. The summed E-state index contributed by atoms with van der Waals surface area (Å²) in [6.45, 7) is 3.83. The van der Waals surface area contributed by atoms with Gasteiger partial charge in [0.2, 0.25) is 0 Å². The van der Waals surface area contributed by atoms with E-state index in [0.717, 1.165) is 12.1 Å². The second-order valence-corrected chi connectivity index (χ2v) is 6.92. The molecule has 3 heteroatoms. The lowest BCUT2D eigenvalue weighted by Crippen LogP contribution is -2.52. The number of nitrogens with zero attached hydrogens (tertiary/aromatic N) is 2. The van der Waals surface area contributed by atoms with E-state index < -0.39 is 0 Å². The van der Waals surface area contributed by atoms with Crippen molar-refractivity contribution < 1.29 is 0 Å². The molecular weight excluding hydrogens is 222 g/mol. The van der Waals surface area contributed by atoms with E-state index in [1.54, 1.807) is 0 Å². The third-order valence-corrected chi connectivity index (χ3v) is 5.49. The SMILES string of the molecule is CN(C)C1(CNC2CCN(C3CC3)C2)CCCC1. The predicted molar refractivity (Wildman–Crippen MR) is 75.9 cm³/mol. The summed E-state index contributed by atoms with van der Waals surface area (Å²) in [5.74, 6) is 0. The minimum absolute atomic E-state index is 0.451. The Kier molecular flexibility index (Phi) is 3.65. The van der Waals surface area contributed by atoms with Crippen LogP contribution >= 0.6 is 0 Å².